The van der Waals surface area contributed by atoms with Crippen molar-refractivity contribution in [3.63, 3.8) is 0 Å². The summed E-state index contributed by atoms with van der Waals surface area (Å²) in [4.78, 5) is 39.6. The molecule has 1 N–H and O–H groups in total. The highest BCUT2D eigenvalue weighted by atomic mass is 16.5. The van der Waals surface area contributed by atoms with Crippen molar-refractivity contribution in [1.82, 2.24) is 4.90 Å². The number of hydrogen-bond donors (Lipinski definition) is 1. The van der Waals surface area contributed by atoms with Crippen molar-refractivity contribution in [2.45, 2.75) is 38.6 Å². The van der Waals surface area contributed by atoms with Gasteiger partial charge in [0, 0.05) is 18.7 Å². The number of methoxy groups -OCH3 is 2. The highest BCUT2D eigenvalue weighted by Crippen LogP contribution is 2.38. The van der Waals surface area contributed by atoms with Gasteiger partial charge in [-0.1, -0.05) is 25.5 Å². The van der Waals surface area contributed by atoms with Gasteiger partial charge >= 0.3 is 5.97 Å². The molecule has 0 aromatic heterocycles. The number of amides is 2. The summed E-state index contributed by atoms with van der Waals surface area (Å²) in [6.07, 6.45) is 2.66. The predicted molar refractivity (Wildman–Crippen MR) is 121 cm³/mol. The van der Waals surface area contributed by atoms with Crippen molar-refractivity contribution in [2.75, 3.05) is 26.1 Å². The summed E-state index contributed by atoms with van der Waals surface area (Å²) in [7, 11) is 2.93. The van der Waals surface area contributed by atoms with Gasteiger partial charge < -0.3 is 19.7 Å². The third-order valence-electron chi connectivity index (χ3n) is 5.83. The number of piperidine rings is 1. The summed E-state index contributed by atoms with van der Waals surface area (Å²) in [5.74, 6) is -0.169. The summed E-state index contributed by atoms with van der Waals surface area (Å²) in [5.41, 5.74) is 1.92. The molecular formula is C25H30N2O5. The zero-order valence-electron chi connectivity index (χ0n) is 18.8. The summed E-state index contributed by atoms with van der Waals surface area (Å²) < 4.78 is 9.98. The summed E-state index contributed by atoms with van der Waals surface area (Å²) in [6.45, 7) is 2.70. The van der Waals surface area contributed by atoms with E-state index in [0.29, 0.717) is 30.6 Å². The maximum absolute atomic E-state index is 13.3. The lowest BCUT2D eigenvalue weighted by atomic mass is 9.83. The van der Waals surface area contributed by atoms with Crippen LogP contribution in [-0.2, 0) is 14.3 Å². The van der Waals surface area contributed by atoms with Crippen LogP contribution in [0.1, 0.15) is 54.6 Å². The molecule has 0 radical (unpaired) electrons. The Kier molecular flexibility index (Phi) is 7.87. The Balaban J connectivity index is 1.86. The van der Waals surface area contributed by atoms with E-state index in [1.165, 1.54) is 7.11 Å². The number of esters is 1. The fourth-order valence-corrected chi connectivity index (χ4v) is 4.08. The quantitative estimate of drug-likeness (QED) is 0.625. The van der Waals surface area contributed by atoms with Gasteiger partial charge in [0.25, 0.3) is 0 Å². The molecule has 7 nitrogen and oxygen atoms in total. The molecule has 2 aromatic rings. The number of hydrogen-bond acceptors (Lipinski definition) is 5. The van der Waals surface area contributed by atoms with Gasteiger partial charge in [-0.2, -0.15) is 0 Å². The van der Waals surface area contributed by atoms with Crippen LogP contribution < -0.4 is 10.1 Å². The average molecular weight is 439 g/mol. The van der Waals surface area contributed by atoms with Crippen LogP contribution >= 0.6 is 0 Å². The predicted octanol–water partition coefficient (Wildman–Crippen LogP) is 4.20. The topological polar surface area (TPSA) is 84.9 Å². The van der Waals surface area contributed by atoms with E-state index in [9.17, 15) is 14.4 Å². The molecule has 170 valence electrons. The number of ether oxygens (including phenoxy) is 2. The first-order chi connectivity index (χ1) is 15.5. The Morgan fingerprint density at radius 2 is 1.75 bits per heavy atom. The molecule has 7 heteroatoms. The number of carbonyl (C=O) groups is 3. The van der Waals surface area contributed by atoms with Gasteiger partial charge in [0.15, 0.2) is 0 Å². The number of unbranched alkanes of at least 4 members (excludes halogenated alkanes) is 1. The number of nitrogens with one attached hydrogen (secondary N) is 1. The van der Waals surface area contributed by atoms with Crippen molar-refractivity contribution >= 4 is 23.5 Å². The molecule has 1 saturated heterocycles. The minimum atomic E-state index is -0.431. The Morgan fingerprint density at radius 1 is 1.06 bits per heavy atom. The second kappa shape index (κ2) is 10.8. The molecule has 2 atom stereocenters. The lowest BCUT2D eigenvalue weighted by Gasteiger charge is -2.41. The minimum absolute atomic E-state index is 0.0748. The molecular weight excluding hydrogens is 408 g/mol. The van der Waals surface area contributed by atoms with Gasteiger partial charge in [-0.25, -0.2) is 4.79 Å². The van der Waals surface area contributed by atoms with E-state index in [4.69, 9.17) is 9.47 Å². The van der Waals surface area contributed by atoms with Gasteiger partial charge in [0.1, 0.15) is 5.75 Å². The maximum atomic E-state index is 13.3. The zero-order valence-corrected chi connectivity index (χ0v) is 18.8. The number of likely N-dealkylation sites (tertiary alicyclic amines) is 1. The highest BCUT2D eigenvalue weighted by molar-refractivity contribution is 5.95. The maximum Gasteiger partial charge on any atom is 0.337 e. The van der Waals surface area contributed by atoms with Crippen molar-refractivity contribution in [3.8, 4) is 5.75 Å². The van der Waals surface area contributed by atoms with Crippen LogP contribution in [0.3, 0.4) is 0 Å². The van der Waals surface area contributed by atoms with Gasteiger partial charge in [-0.3, -0.25) is 9.59 Å². The first-order valence-electron chi connectivity index (χ1n) is 10.9. The van der Waals surface area contributed by atoms with Crippen LogP contribution in [0.4, 0.5) is 5.69 Å². The molecule has 1 heterocycles. The third-order valence-corrected chi connectivity index (χ3v) is 5.83. The molecule has 0 unspecified atom stereocenters. The summed E-state index contributed by atoms with van der Waals surface area (Å²) >= 11 is 0. The highest BCUT2D eigenvalue weighted by Gasteiger charge is 2.40. The van der Waals surface area contributed by atoms with Gasteiger partial charge in [-0.15, -0.1) is 0 Å². The molecule has 0 saturated carbocycles. The molecule has 3 rings (SSSR count). The Bertz CT molecular complexity index is 940. The second-order valence-corrected chi connectivity index (χ2v) is 7.86. The number of anilines is 1. The Labute approximate surface area is 188 Å². The van der Waals surface area contributed by atoms with Crippen molar-refractivity contribution in [3.05, 3.63) is 59.7 Å². The van der Waals surface area contributed by atoms with Crippen LogP contribution in [0.2, 0.25) is 0 Å². The van der Waals surface area contributed by atoms with Crippen molar-refractivity contribution in [1.29, 1.82) is 0 Å². The number of benzene rings is 2. The fraction of sp³-hybridized carbons (Fsp3) is 0.400. The molecule has 0 spiro atoms. The monoisotopic (exact) mass is 438 g/mol. The van der Waals surface area contributed by atoms with E-state index in [1.807, 2.05) is 29.2 Å². The lowest BCUT2D eigenvalue weighted by Crippen LogP contribution is -2.47. The van der Waals surface area contributed by atoms with E-state index in [1.54, 1.807) is 31.4 Å². The van der Waals surface area contributed by atoms with E-state index in [0.717, 1.165) is 24.2 Å². The fourth-order valence-electron chi connectivity index (χ4n) is 4.08. The minimum Gasteiger partial charge on any atom is -0.497 e. The van der Waals surface area contributed by atoms with E-state index in [-0.39, 0.29) is 17.9 Å². The van der Waals surface area contributed by atoms with Crippen LogP contribution in [0.5, 0.6) is 5.75 Å². The average Bonchev–Trinajstić information content (AvgIpc) is 2.83. The third kappa shape index (κ3) is 5.28. The zero-order chi connectivity index (χ0) is 23.1. The Hall–Kier alpha value is -3.35. The number of rotatable bonds is 8. The summed E-state index contributed by atoms with van der Waals surface area (Å²) in [5, 5.41) is 2.96. The molecule has 1 aliphatic heterocycles. The van der Waals surface area contributed by atoms with Gasteiger partial charge in [0.2, 0.25) is 11.8 Å². The Morgan fingerprint density at radius 3 is 2.34 bits per heavy atom. The van der Waals surface area contributed by atoms with Gasteiger partial charge in [-0.05, 0) is 54.8 Å². The van der Waals surface area contributed by atoms with Crippen LogP contribution in [0.25, 0.3) is 0 Å². The number of carbonyl (C=O) groups excluding carboxylic acids is 3. The van der Waals surface area contributed by atoms with Crippen LogP contribution in [0, 0.1) is 5.92 Å². The first-order valence-corrected chi connectivity index (χ1v) is 10.9. The molecule has 0 aliphatic carbocycles. The second-order valence-electron chi connectivity index (χ2n) is 7.86. The molecule has 0 bridgehead atoms. The number of nitrogens with zero attached hydrogens (tertiary/aromatic N) is 1. The van der Waals surface area contributed by atoms with E-state index >= 15 is 0 Å². The summed E-state index contributed by atoms with van der Waals surface area (Å²) in [6, 6.07) is 13.8. The molecule has 1 aliphatic rings. The van der Waals surface area contributed by atoms with Gasteiger partial charge in [0.05, 0.1) is 31.7 Å². The van der Waals surface area contributed by atoms with E-state index < -0.39 is 11.9 Å². The standard InChI is InChI=1S/C25H30N2O5/c1-4-5-16-27-22(28)15-14-21(23(27)17-8-12-20(31-2)13-9-17)24(29)26-19-10-6-18(7-11-19)25(30)32-3/h6-13,21,23H,4-5,14-16H2,1-3H3,(H,26,29)/t21-,23-/m1/s1. The molecule has 2 amide bonds. The van der Waals surface area contributed by atoms with Crippen molar-refractivity contribution < 1.29 is 23.9 Å². The molecule has 1 fully saturated rings. The largest absolute Gasteiger partial charge is 0.497 e. The lowest BCUT2D eigenvalue weighted by molar-refractivity contribution is -0.142. The normalized spacial score (nSPS) is 18.2. The van der Waals surface area contributed by atoms with Crippen molar-refractivity contribution in [2.24, 2.45) is 5.92 Å². The molecule has 2 aromatic carbocycles. The van der Waals surface area contributed by atoms with Crippen LogP contribution in [-0.4, -0.2) is 43.4 Å². The smallest absolute Gasteiger partial charge is 0.337 e. The molecule has 32 heavy (non-hydrogen) atoms. The van der Waals surface area contributed by atoms with Crippen LogP contribution in [0.15, 0.2) is 48.5 Å². The van der Waals surface area contributed by atoms with E-state index in [2.05, 4.69) is 12.2 Å². The SMILES string of the molecule is CCCCN1C(=O)CC[C@@H](C(=O)Nc2ccc(C(=O)OC)cc2)[C@H]1c1ccc(OC)cc1. The first kappa shape index (κ1) is 23.3.